The molecule has 0 bridgehead atoms. The van der Waals surface area contributed by atoms with Crippen molar-refractivity contribution in [2.24, 2.45) is 17.8 Å². The van der Waals surface area contributed by atoms with E-state index >= 15 is 0 Å². The van der Waals surface area contributed by atoms with Crippen LogP contribution in [-0.2, 0) is 17.9 Å². The molecule has 5 nitrogen and oxygen atoms in total. The molecule has 140 valence electrons. The molecule has 0 radical (unpaired) electrons. The molecule has 0 spiro atoms. The summed E-state index contributed by atoms with van der Waals surface area (Å²) >= 11 is 0. The molecule has 1 unspecified atom stereocenters. The Hall–Kier alpha value is -0.780. The zero-order valence-corrected chi connectivity index (χ0v) is 16.6. The van der Waals surface area contributed by atoms with Crippen molar-refractivity contribution in [3.05, 3.63) is 18.2 Å². The van der Waals surface area contributed by atoms with Gasteiger partial charge in [-0.05, 0) is 43.7 Å². The highest BCUT2D eigenvalue weighted by Gasteiger charge is 2.22. The molecule has 2 N–H and O–H groups in total. The van der Waals surface area contributed by atoms with Gasteiger partial charge in [-0.2, -0.15) is 0 Å². The monoisotopic (exact) mass is 378 g/mol. The van der Waals surface area contributed by atoms with Crippen LogP contribution in [0.5, 0.6) is 0 Å². The molecular weight excluding hydrogens is 347 g/mol. The lowest BCUT2D eigenvalue weighted by Gasteiger charge is -2.27. The van der Waals surface area contributed by atoms with Gasteiger partial charge in [0.15, 0.2) is 0 Å². The first-order valence-electron chi connectivity index (χ1n) is 8.53. The summed E-state index contributed by atoms with van der Waals surface area (Å²) in [5.74, 6) is 2.79. The molecule has 1 aromatic heterocycles. The minimum absolute atomic E-state index is 0. The third-order valence-corrected chi connectivity index (χ3v) is 4.50. The Balaban J connectivity index is 0.00000264. The van der Waals surface area contributed by atoms with Gasteiger partial charge in [-0.1, -0.05) is 20.8 Å². The van der Waals surface area contributed by atoms with Crippen molar-refractivity contribution < 1.29 is 4.79 Å². The molecule has 2 heterocycles. The molecular formula is C17H32Cl2N4O. The molecule has 1 amide bonds. The standard InChI is InChI=1S/C17H30N4O.2ClH/c1-13(2)12-21-9-8-19-16(21)11-20-17(22)10-14(3)15-4-6-18-7-5-15;;/h8-9,13-15,18H,4-7,10-12H2,1-3H3,(H,20,22);2*1H. The summed E-state index contributed by atoms with van der Waals surface area (Å²) in [6.07, 6.45) is 6.79. The lowest BCUT2D eigenvalue weighted by atomic mass is 9.84. The van der Waals surface area contributed by atoms with E-state index in [9.17, 15) is 4.79 Å². The van der Waals surface area contributed by atoms with Gasteiger partial charge in [0.1, 0.15) is 5.82 Å². The number of aromatic nitrogens is 2. The first-order chi connectivity index (χ1) is 10.6. The second-order valence-corrected chi connectivity index (χ2v) is 6.94. The third kappa shape index (κ3) is 7.41. The van der Waals surface area contributed by atoms with Crippen LogP contribution in [0.3, 0.4) is 0 Å². The normalized spacial score (nSPS) is 16.2. The molecule has 24 heavy (non-hydrogen) atoms. The fourth-order valence-corrected chi connectivity index (χ4v) is 3.19. The molecule has 1 saturated heterocycles. The predicted molar refractivity (Wildman–Crippen MR) is 103 cm³/mol. The number of imidazole rings is 1. The van der Waals surface area contributed by atoms with E-state index in [-0.39, 0.29) is 30.7 Å². The second kappa shape index (κ2) is 11.7. The van der Waals surface area contributed by atoms with Crippen LogP contribution in [0.2, 0.25) is 0 Å². The number of nitrogens with zero attached hydrogens (tertiary/aromatic N) is 2. The molecule has 1 aromatic rings. The molecule has 1 atom stereocenters. The van der Waals surface area contributed by atoms with E-state index in [0.717, 1.165) is 25.5 Å². The largest absolute Gasteiger partial charge is 0.349 e. The number of amides is 1. The summed E-state index contributed by atoms with van der Waals surface area (Å²) in [6, 6.07) is 0. The van der Waals surface area contributed by atoms with Crippen LogP contribution in [0.15, 0.2) is 12.4 Å². The Morgan fingerprint density at radius 2 is 2.00 bits per heavy atom. The maximum Gasteiger partial charge on any atom is 0.220 e. The first-order valence-corrected chi connectivity index (χ1v) is 8.53. The fourth-order valence-electron chi connectivity index (χ4n) is 3.19. The minimum Gasteiger partial charge on any atom is -0.349 e. The first kappa shape index (κ1) is 23.2. The summed E-state index contributed by atoms with van der Waals surface area (Å²) in [4.78, 5) is 16.5. The van der Waals surface area contributed by atoms with Gasteiger partial charge in [-0.15, -0.1) is 24.8 Å². The Bertz CT molecular complexity index is 473. The van der Waals surface area contributed by atoms with E-state index in [1.54, 1.807) is 0 Å². The van der Waals surface area contributed by atoms with Crippen LogP contribution in [0.1, 0.15) is 45.9 Å². The number of rotatable bonds is 7. The Morgan fingerprint density at radius 3 is 2.62 bits per heavy atom. The predicted octanol–water partition coefficient (Wildman–Crippen LogP) is 3.02. The van der Waals surface area contributed by atoms with Crippen LogP contribution in [0.4, 0.5) is 0 Å². The highest BCUT2D eigenvalue weighted by atomic mass is 35.5. The summed E-state index contributed by atoms with van der Waals surface area (Å²) in [5.41, 5.74) is 0. The van der Waals surface area contributed by atoms with Crippen molar-refractivity contribution in [1.29, 1.82) is 0 Å². The van der Waals surface area contributed by atoms with Gasteiger partial charge in [-0.25, -0.2) is 4.98 Å². The van der Waals surface area contributed by atoms with E-state index in [4.69, 9.17) is 0 Å². The molecule has 7 heteroatoms. The number of hydrogen-bond acceptors (Lipinski definition) is 3. The molecule has 1 aliphatic heterocycles. The summed E-state index contributed by atoms with van der Waals surface area (Å²) in [7, 11) is 0. The maximum atomic E-state index is 12.2. The van der Waals surface area contributed by atoms with Crippen molar-refractivity contribution in [1.82, 2.24) is 20.2 Å². The average Bonchev–Trinajstić information content (AvgIpc) is 2.92. The van der Waals surface area contributed by atoms with Gasteiger partial charge in [0.05, 0.1) is 6.54 Å². The smallest absolute Gasteiger partial charge is 0.220 e. The lowest BCUT2D eigenvalue weighted by Crippen LogP contribution is -2.33. The van der Waals surface area contributed by atoms with Crippen molar-refractivity contribution in [3.63, 3.8) is 0 Å². The number of nitrogens with one attached hydrogen (secondary N) is 2. The van der Waals surface area contributed by atoms with E-state index in [0.29, 0.717) is 30.7 Å². The van der Waals surface area contributed by atoms with Gasteiger partial charge < -0.3 is 15.2 Å². The van der Waals surface area contributed by atoms with Gasteiger partial charge in [0, 0.05) is 25.4 Å². The van der Waals surface area contributed by atoms with Gasteiger partial charge in [-0.3, -0.25) is 4.79 Å². The van der Waals surface area contributed by atoms with Gasteiger partial charge in [0.25, 0.3) is 0 Å². The maximum absolute atomic E-state index is 12.2. The van der Waals surface area contributed by atoms with Crippen molar-refractivity contribution in [3.8, 4) is 0 Å². The van der Waals surface area contributed by atoms with Crippen molar-refractivity contribution in [2.75, 3.05) is 13.1 Å². The van der Waals surface area contributed by atoms with Crippen molar-refractivity contribution in [2.45, 2.75) is 53.1 Å². The van der Waals surface area contributed by atoms with E-state index in [1.165, 1.54) is 12.8 Å². The number of carbonyl (C=O) groups is 1. The lowest BCUT2D eigenvalue weighted by molar-refractivity contribution is -0.122. The number of carbonyl (C=O) groups excluding carboxylic acids is 1. The molecule has 0 aliphatic carbocycles. The molecule has 2 rings (SSSR count). The van der Waals surface area contributed by atoms with E-state index in [1.807, 2.05) is 12.4 Å². The molecule has 1 aliphatic rings. The molecule has 0 saturated carbocycles. The zero-order chi connectivity index (χ0) is 15.9. The number of piperidine rings is 1. The second-order valence-electron chi connectivity index (χ2n) is 6.94. The highest BCUT2D eigenvalue weighted by Crippen LogP contribution is 2.24. The van der Waals surface area contributed by atoms with Gasteiger partial charge >= 0.3 is 0 Å². The zero-order valence-electron chi connectivity index (χ0n) is 15.0. The Labute approximate surface area is 158 Å². The van der Waals surface area contributed by atoms with Crippen molar-refractivity contribution >= 4 is 30.7 Å². The average molecular weight is 379 g/mol. The van der Waals surface area contributed by atoms with Crippen LogP contribution in [0.25, 0.3) is 0 Å². The Kier molecular flexibility index (Phi) is 11.3. The van der Waals surface area contributed by atoms with Crippen LogP contribution < -0.4 is 10.6 Å². The Morgan fingerprint density at radius 1 is 1.33 bits per heavy atom. The minimum atomic E-state index is 0. The van der Waals surface area contributed by atoms with Crippen LogP contribution >= 0.6 is 24.8 Å². The topological polar surface area (TPSA) is 59.0 Å². The van der Waals surface area contributed by atoms with Crippen LogP contribution in [-0.4, -0.2) is 28.5 Å². The van der Waals surface area contributed by atoms with E-state index < -0.39 is 0 Å². The number of hydrogen-bond donors (Lipinski definition) is 2. The summed E-state index contributed by atoms with van der Waals surface area (Å²) < 4.78 is 2.13. The fraction of sp³-hybridized carbons (Fsp3) is 0.765. The van der Waals surface area contributed by atoms with E-state index in [2.05, 4.69) is 41.0 Å². The summed E-state index contributed by atoms with van der Waals surface area (Å²) in [5, 5.41) is 6.41. The van der Waals surface area contributed by atoms with Crippen LogP contribution in [0, 0.1) is 17.8 Å². The third-order valence-electron chi connectivity index (χ3n) is 4.50. The summed E-state index contributed by atoms with van der Waals surface area (Å²) in [6.45, 7) is 10.2. The SMILES string of the molecule is CC(C)Cn1ccnc1CNC(=O)CC(C)C1CCNCC1.Cl.Cl. The highest BCUT2D eigenvalue weighted by molar-refractivity contribution is 5.85. The number of halogens is 2. The molecule has 0 aromatic carbocycles. The van der Waals surface area contributed by atoms with Gasteiger partial charge in [0.2, 0.25) is 5.91 Å². The molecule has 1 fully saturated rings. The quantitative estimate of drug-likeness (QED) is 0.766.